The van der Waals surface area contributed by atoms with Crippen molar-refractivity contribution in [3.8, 4) is 11.8 Å². The first-order chi connectivity index (χ1) is 8.07. The SMILES string of the molecule is CC(C)(C#N)Cc1cccc(OCCCCl)c1. The van der Waals surface area contributed by atoms with E-state index in [9.17, 15) is 0 Å². The van der Waals surface area contributed by atoms with Gasteiger partial charge in [0, 0.05) is 5.88 Å². The van der Waals surface area contributed by atoms with Crippen LogP contribution < -0.4 is 4.74 Å². The maximum Gasteiger partial charge on any atom is 0.119 e. The van der Waals surface area contributed by atoms with E-state index in [1.807, 2.05) is 38.1 Å². The molecule has 0 aliphatic carbocycles. The van der Waals surface area contributed by atoms with Crippen molar-refractivity contribution in [2.45, 2.75) is 26.7 Å². The van der Waals surface area contributed by atoms with Crippen LogP contribution in [-0.4, -0.2) is 12.5 Å². The Kier molecular flexibility index (Phi) is 5.31. The van der Waals surface area contributed by atoms with Crippen LogP contribution in [0.15, 0.2) is 24.3 Å². The van der Waals surface area contributed by atoms with Gasteiger partial charge in [0.2, 0.25) is 0 Å². The molecule has 0 atom stereocenters. The van der Waals surface area contributed by atoms with Crippen molar-refractivity contribution in [1.29, 1.82) is 5.26 Å². The van der Waals surface area contributed by atoms with Crippen molar-refractivity contribution in [2.24, 2.45) is 5.41 Å². The van der Waals surface area contributed by atoms with Crippen LogP contribution in [0.4, 0.5) is 0 Å². The average molecular weight is 252 g/mol. The fourth-order valence-corrected chi connectivity index (χ4v) is 1.65. The third-order valence-electron chi connectivity index (χ3n) is 2.39. The van der Waals surface area contributed by atoms with Crippen molar-refractivity contribution in [1.82, 2.24) is 0 Å². The lowest BCUT2D eigenvalue weighted by atomic mass is 9.87. The summed E-state index contributed by atoms with van der Waals surface area (Å²) in [5, 5.41) is 9.00. The van der Waals surface area contributed by atoms with Crippen LogP contribution in [0.2, 0.25) is 0 Å². The fourth-order valence-electron chi connectivity index (χ4n) is 1.54. The Morgan fingerprint density at radius 3 is 2.82 bits per heavy atom. The maximum atomic E-state index is 9.00. The quantitative estimate of drug-likeness (QED) is 0.569. The molecular weight excluding hydrogens is 234 g/mol. The third-order valence-corrected chi connectivity index (χ3v) is 2.66. The van der Waals surface area contributed by atoms with Gasteiger partial charge in [-0.1, -0.05) is 12.1 Å². The van der Waals surface area contributed by atoms with E-state index in [2.05, 4.69) is 6.07 Å². The largest absolute Gasteiger partial charge is 0.494 e. The molecule has 0 N–H and O–H groups in total. The van der Waals surface area contributed by atoms with Crippen LogP contribution in [0.5, 0.6) is 5.75 Å². The second-order valence-electron chi connectivity index (χ2n) is 4.71. The summed E-state index contributed by atoms with van der Waals surface area (Å²) in [7, 11) is 0. The van der Waals surface area contributed by atoms with E-state index in [0.717, 1.165) is 24.2 Å². The molecule has 0 saturated carbocycles. The Morgan fingerprint density at radius 1 is 1.41 bits per heavy atom. The Labute approximate surface area is 108 Å². The number of hydrogen-bond acceptors (Lipinski definition) is 2. The van der Waals surface area contributed by atoms with Crippen molar-refractivity contribution in [3.05, 3.63) is 29.8 Å². The highest BCUT2D eigenvalue weighted by molar-refractivity contribution is 6.17. The number of alkyl halides is 1. The second-order valence-corrected chi connectivity index (χ2v) is 5.09. The summed E-state index contributed by atoms with van der Waals surface area (Å²) in [6.07, 6.45) is 1.58. The van der Waals surface area contributed by atoms with E-state index in [4.69, 9.17) is 21.6 Å². The minimum Gasteiger partial charge on any atom is -0.494 e. The topological polar surface area (TPSA) is 33.0 Å². The van der Waals surface area contributed by atoms with Crippen molar-refractivity contribution in [2.75, 3.05) is 12.5 Å². The zero-order valence-corrected chi connectivity index (χ0v) is 11.1. The van der Waals surface area contributed by atoms with E-state index >= 15 is 0 Å². The number of nitrogens with zero attached hydrogens (tertiary/aromatic N) is 1. The van der Waals surface area contributed by atoms with Crippen molar-refractivity contribution < 1.29 is 4.74 Å². The molecule has 1 rings (SSSR count). The maximum absolute atomic E-state index is 9.00. The number of benzene rings is 1. The number of ether oxygens (including phenoxy) is 1. The molecular formula is C14H18ClNO. The van der Waals surface area contributed by atoms with E-state index in [0.29, 0.717) is 12.5 Å². The number of hydrogen-bond donors (Lipinski definition) is 0. The van der Waals surface area contributed by atoms with Crippen LogP contribution >= 0.6 is 11.6 Å². The predicted octanol–water partition coefficient (Wildman–Crippen LogP) is 3.79. The summed E-state index contributed by atoms with van der Waals surface area (Å²) < 4.78 is 5.57. The minimum absolute atomic E-state index is 0.339. The van der Waals surface area contributed by atoms with Gasteiger partial charge >= 0.3 is 0 Å². The molecule has 0 heterocycles. The Hall–Kier alpha value is -1.20. The molecule has 0 amide bonds. The third kappa shape index (κ3) is 5.10. The van der Waals surface area contributed by atoms with Gasteiger partial charge in [0.05, 0.1) is 18.1 Å². The predicted molar refractivity (Wildman–Crippen MR) is 70.4 cm³/mol. The molecule has 0 aliphatic heterocycles. The van der Waals surface area contributed by atoms with Crippen LogP contribution in [-0.2, 0) is 6.42 Å². The highest BCUT2D eigenvalue weighted by atomic mass is 35.5. The Morgan fingerprint density at radius 2 is 2.18 bits per heavy atom. The summed E-state index contributed by atoms with van der Waals surface area (Å²) in [6, 6.07) is 10.2. The van der Waals surface area contributed by atoms with Gasteiger partial charge in [-0.05, 0) is 44.4 Å². The van der Waals surface area contributed by atoms with Crippen LogP contribution in [0.25, 0.3) is 0 Å². The van der Waals surface area contributed by atoms with E-state index in [1.54, 1.807) is 0 Å². The molecule has 0 spiro atoms. The zero-order valence-electron chi connectivity index (χ0n) is 10.4. The van der Waals surface area contributed by atoms with Gasteiger partial charge in [-0.15, -0.1) is 11.6 Å². The molecule has 1 aromatic carbocycles. The molecule has 17 heavy (non-hydrogen) atoms. The van der Waals surface area contributed by atoms with E-state index in [1.165, 1.54) is 0 Å². The summed E-state index contributed by atoms with van der Waals surface area (Å²) in [5.74, 6) is 1.46. The molecule has 0 bridgehead atoms. The summed E-state index contributed by atoms with van der Waals surface area (Å²) >= 11 is 5.59. The average Bonchev–Trinajstić information content (AvgIpc) is 2.29. The lowest BCUT2D eigenvalue weighted by Crippen LogP contribution is -2.11. The highest BCUT2D eigenvalue weighted by Crippen LogP contribution is 2.23. The van der Waals surface area contributed by atoms with Gasteiger partial charge in [0.25, 0.3) is 0 Å². The first kappa shape index (κ1) is 13.9. The number of rotatable bonds is 6. The molecule has 0 radical (unpaired) electrons. The van der Waals surface area contributed by atoms with Crippen LogP contribution in [0.3, 0.4) is 0 Å². The van der Waals surface area contributed by atoms with Gasteiger partial charge in [-0.3, -0.25) is 0 Å². The minimum atomic E-state index is -0.339. The molecule has 0 unspecified atom stereocenters. The summed E-state index contributed by atoms with van der Waals surface area (Å²) in [6.45, 7) is 4.51. The molecule has 0 aromatic heterocycles. The normalized spacial score (nSPS) is 10.9. The Balaban J connectivity index is 2.63. The zero-order chi connectivity index (χ0) is 12.7. The molecule has 2 nitrogen and oxygen atoms in total. The van der Waals surface area contributed by atoms with Crippen LogP contribution in [0, 0.1) is 16.7 Å². The highest BCUT2D eigenvalue weighted by Gasteiger charge is 2.17. The number of nitriles is 1. The lowest BCUT2D eigenvalue weighted by Gasteiger charge is -2.15. The van der Waals surface area contributed by atoms with Gasteiger partial charge in [-0.2, -0.15) is 5.26 Å². The molecule has 0 fully saturated rings. The summed E-state index contributed by atoms with van der Waals surface area (Å²) in [4.78, 5) is 0. The molecule has 3 heteroatoms. The fraction of sp³-hybridized carbons (Fsp3) is 0.500. The standard InChI is InChI=1S/C14H18ClNO/c1-14(2,11-16)10-12-5-3-6-13(9-12)17-8-4-7-15/h3,5-6,9H,4,7-8,10H2,1-2H3. The lowest BCUT2D eigenvalue weighted by molar-refractivity contribution is 0.317. The second kappa shape index (κ2) is 6.51. The number of halogens is 1. The molecule has 1 aromatic rings. The van der Waals surface area contributed by atoms with Crippen molar-refractivity contribution >= 4 is 11.6 Å². The summed E-state index contributed by atoms with van der Waals surface area (Å²) in [5.41, 5.74) is 0.786. The van der Waals surface area contributed by atoms with Crippen LogP contribution in [0.1, 0.15) is 25.8 Å². The smallest absolute Gasteiger partial charge is 0.119 e. The van der Waals surface area contributed by atoms with E-state index in [-0.39, 0.29) is 5.41 Å². The Bertz CT molecular complexity index is 395. The molecule has 92 valence electrons. The van der Waals surface area contributed by atoms with Crippen molar-refractivity contribution in [3.63, 3.8) is 0 Å². The van der Waals surface area contributed by atoms with Gasteiger partial charge < -0.3 is 4.74 Å². The van der Waals surface area contributed by atoms with Gasteiger partial charge in [0.15, 0.2) is 0 Å². The van der Waals surface area contributed by atoms with E-state index < -0.39 is 0 Å². The molecule has 0 saturated heterocycles. The van der Waals surface area contributed by atoms with Gasteiger partial charge in [0.1, 0.15) is 5.75 Å². The van der Waals surface area contributed by atoms with Gasteiger partial charge in [-0.25, -0.2) is 0 Å². The first-order valence-corrected chi connectivity index (χ1v) is 6.30. The monoisotopic (exact) mass is 251 g/mol. The first-order valence-electron chi connectivity index (χ1n) is 5.76. The molecule has 0 aliphatic rings.